The van der Waals surface area contributed by atoms with Crippen molar-refractivity contribution in [1.82, 2.24) is 0 Å². The molecule has 0 radical (unpaired) electrons. The predicted molar refractivity (Wildman–Crippen MR) is 138 cm³/mol. The van der Waals surface area contributed by atoms with E-state index in [0.717, 1.165) is 16.1 Å². The van der Waals surface area contributed by atoms with E-state index < -0.39 is 5.97 Å². The van der Waals surface area contributed by atoms with Crippen LogP contribution in [0.25, 0.3) is 6.08 Å². The van der Waals surface area contributed by atoms with Crippen LogP contribution < -0.4 is 0 Å². The van der Waals surface area contributed by atoms with Gasteiger partial charge in [-0.3, -0.25) is 0 Å². The van der Waals surface area contributed by atoms with Gasteiger partial charge in [0.2, 0.25) is 0 Å². The Morgan fingerprint density at radius 3 is 1.53 bits per heavy atom. The number of carboxylic acid groups (broad SMARTS) is 1. The van der Waals surface area contributed by atoms with Crippen LogP contribution >= 0.6 is 0 Å². The van der Waals surface area contributed by atoms with E-state index in [9.17, 15) is 4.79 Å². The summed E-state index contributed by atoms with van der Waals surface area (Å²) in [4.78, 5) is 10.1. The normalized spacial score (nSPS) is 11.4. The highest BCUT2D eigenvalue weighted by molar-refractivity contribution is 5.85. The number of phenols is 1. The number of carboxylic acids is 1. The highest BCUT2D eigenvalue weighted by Gasteiger charge is 2.04. The number of rotatable bonds is 17. The zero-order valence-corrected chi connectivity index (χ0v) is 21.3. The zero-order valence-electron chi connectivity index (χ0n) is 21.3. The molecule has 0 fully saturated rings. The SMILES string of the molecule is CCCCCCCCCCCCCCCC[N+](C)(C)C.O=C(O)/C=C/c1ccc(O)cc1. The standard InChI is InChI=1S/C19H42N.C9H8O3/c1-5-6-7-8-9-10-11-12-13-14-15-16-17-18-19-20(2,3)4;10-8-4-1-7(2-5-8)3-6-9(11)12/h5-19H2,1-4H3;1-6,10H,(H,11,12)/q+1;/b;6-3+. The Morgan fingerprint density at radius 2 is 1.16 bits per heavy atom. The van der Waals surface area contributed by atoms with E-state index in [1.165, 1.54) is 115 Å². The summed E-state index contributed by atoms with van der Waals surface area (Å²) in [6.45, 7) is 3.63. The van der Waals surface area contributed by atoms with E-state index in [1.54, 1.807) is 12.1 Å². The lowest BCUT2D eigenvalue weighted by molar-refractivity contribution is -0.870. The molecule has 0 aliphatic rings. The number of aromatic hydroxyl groups is 1. The van der Waals surface area contributed by atoms with Gasteiger partial charge in [0.1, 0.15) is 5.75 Å². The van der Waals surface area contributed by atoms with Gasteiger partial charge >= 0.3 is 5.97 Å². The molecular weight excluding hydrogens is 398 g/mol. The van der Waals surface area contributed by atoms with Crippen LogP contribution in [-0.4, -0.2) is 48.4 Å². The molecule has 1 aromatic carbocycles. The fraction of sp³-hybridized carbons (Fsp3) is 0.679. The van der Waals surface area contributed by atoms with Crippen molar-refractivity contribution in [1.29, 1.82) is 0 Å². The quantitative estimate of drug-likeness (QED) is 0.146. The molecule has 0 saturated carbocycles. The molecule has 0 aliphatic heterocycles. The zero-order chi connectivity index (χ0) is 24.1. The molecule has 0 saturated heterocycles. The summed E-state index contributed by atoms with van der Waals surface area (Å²) < 4.78 is 1.12. The molecule has 184 valence electrons. The van der Waals surface area contributed by atoms with Crippen molar-refractivity contribution in [2.75, 3.05) is 27.7 Å². The minimum Gasteiger partial charge on any atom is -0.508 e. The van der Waals surface area contributed by atoms with Gasteiger partial charge in [0.15, 0.2) is 0 Å². The summed E-state index contributed by atoms with van der Waals surface area (Å²) >= 11 is 0. The average Bonchev–Trinajstić information content (AvgIpc) is 2.73. The number of hydrogen-bond acceptors (Lipinski definition) is 2. The van der Waals surface area contributed by atoms with Gasteiger partial charge in [0.25, 0.3) is 0 Å². The second-order valence-corrected chi connectivity index (χ2v) is 9.87. The molecular formula is C28H50NO3+. The fourth-order valence-electron chi connectivity index (χ4n) is 3.53. The number of nitrogens with zero attached hydrogens (tertiary/aromatic N) is 1. The van der Waals surface area contributed by atoms with Crippen LogP contribution in [0, 0.1) is 0 Å². The molecule has 0 unspecified atom stereocenters. The number of hydrogen-bond donors (Lipinski definition) is 2. The van der Waals surface area contributed by atoms with Crippen molar-refractivity contribution in [3.63, 3.8) is 0 Å². The van der Waals surface area contributed by atoms with Gasteiger partial charge in [-0.2, -0.15) is 0 Å². The molecule has 0 aliphatic carbocycles. The van der Waals surface area contributed by atoms with Gasteiger partial charge < -0.3 is 14.7 Å². The van der Waals surface area contributed by atoms with Gasteiger partial charge in [-0.1, -0.05) is 96.1 Å². The van der Waals surface area contributed by atoms with Crippen LogP contribution in [0.2, 0.25) is 0 Å². The highest BCUT2D eigenvalue weighted by Crippen LogP contribution is 2.13. The van der Waals surface area contributed by atoms with Crippen molar-refractivity contribution in [2.45, 2.75) is 96.8 Å². The molecule has 4 nitrogen and oxygen atoms in total. The van der Waals surface area contributed by atoms with Crippen LogP contribution in [0.4, 0.5) is 0 Å². The Balaban J connectivity index is 0.000000677. The molecule has 2 N–H and O–H groups in total. The third-order valence-corrected chi connectivity index (χ3v) is 5.49. The van der Waals surface area contributed by atoms with Crippen LogP contribution in [0.1, 0.15) is 102 Å². The number of quaternary nitrogens is 1. The van der Waals surface area contributed by atoms with E-state index in [1.807, 2.05) is 0 Å². The summed E-state index contributed by atoms with van der Waals surface area (Å²) in [7, 11) is 6.88. The lowest BCUT2D eigenvalue weighted by Crippen LogP contribution is -2.35. The fourth-order valence-corrected chi connectivity index (χ4v) is 3.53. The molecule has 0 aromatic heterocycles. The number of carbonyl (C=O) groups is 1. The molecule has 0 bridgehead atoms. The van der Waals surface area contributed by atoms with E-state index in [2.05, 4.69) is 28.1 Å². The number of unbranched alkanes of at least 4 members (excludes halogenated alkanes) is 13. The van der Waals surface area contributed by atoms with Gasteiger partial charge in [0.05, 0.1) is 27.7 Å². The van der Waals surface area contributed by atoms with Gasteiger partial charge in [-0.25, -0.2) is 4.79 Å². The second kappa shape index (κ2) is 19.8. The lowest BCUT2D eigenvalue weighted by atomic mass is 10.0. The summed E-state index contributed by atoms with van der Waals surface area (Å²) in [5.74, 6) is -0.814. The average molecular weight is 449 g/mol. The second-order valence-electron chi connectivity index (χ2n) is 9.87. The van der Waals surface area contributed by atoms with E-state index in [-0.39, 0.29) is 5.75 Å². The lowest BCUT2D eigenvalue weighted by Gasteiger charge is -2.23. The van der Waals surface area contributed by atoms with Crippen LogP contribution in [0.15, 0.2) is 30.3 Å². The first kappa shape index (κ1) is 30.2. The van der Waals surface area contributed by atoms with Crippen LogP contribution in [-0.2, 0) is 4.79 Å². The Labute approximate surface area is 197 Å². The Bertz CT molecular complexity index is 588. The molecule has 4 heteroatoms. The maximum absolute atomic E-state index is 10.1. The first-order valence-corrected chi connectivity index (χ1v) is 12.7. The first-order valence-electron chi connectivity index (χ1n) is 12.7. The topological polar surface area (TPSA) is 57.5 Å². The van der Waals surface area contributed by atoms with E-state index in [0.29, 0.717) is 0 Å². The molecule has 1 rings (SSSR count). The maximum atomic E-state index is 10.1. The summed E-state index contributed by atoms with van der Waals surface area (Å²) in [5, 5.41) is 17.2. The van der Waals surface area contributed by atoms with Crippen LogP contribution in [0.5, 0.6) is 5.75 Å². The molecule has 0 atom stereocenters. The summed E-state index contributed by atoms with van der Waals surface area (Å²) in [6.07, 6.45) is 22.9. The minimum absolute atomic E-state index is 0.169. The number of phenolic OH excluding ortho intramolecular Hbond substituents is 1. The first-order chi connectivity index (χ1) is 15.2. The van der Waals surface area contributed by atoms with Crippen molar-refractivity contribution in [3.8, 4) is 5.75 Å². The number of aliphatic carboxylic acids is 1. The Hall–Kier alpha value is -1.81. The maximum Gasteiger partial charge on any atom is 0.328 e. The Kier molecular flexibility index (Phi) is 18.7. The van der Waals surface area contributed by atoms with Crippen molar-refractivity contribution in [2.24, 2.45) is 0 Å². The van der Waals surface area contributed by atoms with E-state index in [4.69, 9.17) is 10.2 Å². The molecule has 1 aromatic rings. The summed E-state index contributed by atoms with van der Waals surface area (Å²) in [5.41, 5.74) is 0.746. The minimum atomic E-state index is -0.983. The number of benzene rings is 1. The van der Waals surface area contributed by atoms with Crippen molar-refractivity contribution >= 4 is 12.0 Å². The summed E-state index contributed by atoms with van der Waals surface area (Å²) in [6, 6.07) is 6.27. The van der Waals surface area contributed by atoms with Gasteiger partial charge in [-0.05, 0) is 36.6 Å². The molecule has 32 heavy (non-hydrogen) atoms. The van der Waals surface area contributed by atoms with Gasteiger partial charge in [-0.15, -0.1) is 0 Å². The highest BCUT2D eigenvalue weighted by atomic mass is 16.4. The van der Waals surface area contributed by atoms with Crippen molar-refractivity contribution in [3.05, 3.63) is 35.9 Å². The molecule has 0 amide bonds. The monoisotopic (exact) mass is 448 g/mol. The largest absolute Gasteiger partial charge is 0.508 e. The van der Waals surface area contributed by atoms with Crippen LogP contribution in [0.3, 0.4) is 0 Å². The third-order valence-electron chi connectivity index (χ3n) is 5.49. The molecule has 0 spiro atoms. The van der Waals surface area contributed by atoms with Crippen molar-refractivity contribution < 1.29 is 19.5 Å². The molecule has 0 heterocycles. The Morgan fingerprint density at radius 1 is 0.750 bits per heavy atom. The van der Waals surface area contributed by atoms with Gasteiger partial charge in [0, 0.05) is 6.08 Å². The van der Waals surface area contributed by atoms with E-state index >= 15 is 0 Å². The predicted octanol–water partition coefficient (Wildman–Crippen LogP) is 7.66. The smallest absolute Gasteiger partial charge is 0.328 e. The third kappa shape index (κ3) is 22.9.